The molecule has 0 saturated carbocycles. The van der Waals surface area contributed by atoms with Gasteiger partial charge >= 0.3 is 0 Å². The van der Waals surface area contributed by atoms with Crippen LogP contribution in [0.4, 0.5) is 0 Å². The number of nitrogens with one attached hydrogen (secondary N) is 1. The van der Waals surface area contributed by atoms with Gasteiger partial charge in [0.15, 0.2) is 0 Å². The fourth-order valence-electron chi connectivity index (χ4n) is 1.21. The van der Waals surface area contributed by atoms with E-state index >= 15 is 0 Å². The Morgan fingerprint density at radius 2 is 2.12 bits per heavy atom. The summed E-state index contributed by atoms with van der Waals surface area (Å²) >= 11 is 1.23. The molecule has 0 aliphatic carbocycles. The highest BCUT2D eigenvalue weighted by Crippen LogP contribution is 2.21. The van der Waals surface area contributed by atoms with Gasteiger partial charge in [0, 0.05) is 4.88 Å². The topological polar surface area (TPSA) is 81.4 Å². The highest BCUT2D eigenvalue weighted by molar-refractivity contribution is 7.91. The van der Waals surface area contributed by atoms with E-state index in [-0.39, 0.29) is 6.61 Å². The molecular formula is C9H16N2O3S2. The van der Waals surface area contributed by atoms with Crippen molar-refractivity contribution in [2.24, 2.45) is 5.90 Å². The van der Waals surface area contributed by atoms with Crippen molar-refractivity contribution in [3.05, 3.63) is 17.0 Å². The molecule has 0 atom stereocenters. The van der Waals surface area contributed by atoms with Gasteiger partial charge in [-0.1, -0.05) is 0 Å². The summed E-state index contributed by atoms with van der Waals surface area (Å²) in [5.41, 5.74) is -0.731. The van der Waals surface area contributed by atoms with Gasteiger partial charge in [-0.15, -0.1) is 11.3 Å². The van der Waals surface area contributed by atoms with Crippen LogP contribution in [0.15, 0.2) is 16.3 Å². The molecule has 3 N–H and O–H groups in total. The van der Waals surface area contributed by atoms with Crippen LogP contribution in [0.2, 0.25) is 0 Å². The lowest BCUT2D eigenvalue weighted by Crippen LogP contribution is -2.47. The zero-order valence-corrected chi connectivity index (χ0v) is 11.1. The van der Waals surface area contributed by atoms with E-state index in [1.807, 2.05) is 6.92 Å². The summed E-state index contributed by atoms with van der Waals surface area (Å²) in [7, 11) is -3.49. The normalized spacial score (nSPS) is 13.0. The Labute approximate surface area is 99.6 Å². The Bertz CT molecular complexity index is 451. The van der Waals surface area contributed by atoms with Gasteiger partial charge in [0.1, 0.15) is 4.21 Å². The Balaban J connectivity index is 2.88. The third kappa shape index (κ3) is 3.53. The van der Waals surface area contributed by atoms with Crippen LogP contribution in [-0.2, 0) is 14.9 Å². The first kappa shape index (κ1) is 13.6. The van der Waals surface area contributed by atoms with Crippen molar-refractivity contribution in [3.63, 3.8) is 0 Å². The Hall–Kier alpha value is -0.470. The van der Waals surface area contributed by atoms with Gasteiger partial charge < -0.3 is 4.84 Å². The van der Waals surface area contributed by atoms with E-state index in [1.54, 1.807) is 26.0 Å². The zero-order valence-electron chi connectivity index (χ0n) is 9.48. The van der Waals surface area contributed by atoms with Gasteiger partial charge in [0.2, 0.25) is 0 Å². The van der Waals surface area contributed by atoms with Gasteiger partial charge in [-0.3, -0.25) is 0 Å². The van der Waals surface area contributed by atoms with Crippen LogP contribution in [0, 0.1) is 6.92 Å². The quantitative estimate of drug-likeness (QED) is 0.777. The van der Waals surface area contributed by atoms with E-state index in [2.05, 4.69) is 9.56 Å². The number of hydrogen-bond acceptors (Lipinski definition) is 5. The average molecular weight is 264 g/mol. The summed E-state index contributed by atoms with van der Waals surface area (Å²) in [4.78, 5) is 5.42. The molecule has 1 aromatic rings. The highest BCUT2D eigenvalue weighted by Gasteiger charge is 2.27. The maximum Gasteiger partial charge on any atom is 0.250 e. The van der Waals surface area contributed by atoms with Gasteiger partial charge in [-0.25, -0.2) is 19.0 Å². The fraction of sp³-hybridized carbons (Fsp3) is 0.556. The summed E-state index contributed by atoms with van der Waals surface area (Å²) in [6.45, 7) is 5.38. The van der Waals surface area contributed by atoms with Crippen LogP contribution in [-0.4, -0.2) is 20.6 Å². The van der Waals surface area contributed by atoms with Crippen LogP contribution in [0.1, 0.15) is 18.7 Å². The molecule has 0 aliphatic rings. The lowest BCUT2D eigenvalue weighted by atomic mass is 10.1. The second-order valence-electron chi connectivity index (χ2n) is 4.17. The van der Waals surface area contributed by atoms with Crippen molar-refractivity contribution in [1.29, 1.82) is 0 Å². The lowest BCUT2D eigenvalue weighted by molar-refractivity contribution is 0.0929. The molecule has 0 amide bonds. The molecule has 1 aromatic heterocycles. The molecule has 0 fully saturated rings. The molecule has 0 radical (unpaired) electrons. The molecule has 0 aromatic carbocycles. The van der Waals surface area contributed by atoms with Crippen LogP contribution in [0.5, 0.6) is 0 Å². The maximum atomic E-state index is 11.9. The zero-order chi connectivity index (χ0) is 12.4. The smallest absolute Gasteiger partial charge is 0.250 e. The number of thiophene rings is 1. The first-order valence-electron chi connectivity index (χ1n) is 4.69. The number of nitrogens with two attached hydrogens (primary N) is 1. The fourth-order valence-corrected chi connectivity index (χ4v) is 3.89. The molecule has 0 saturated heterocycles. The molecule has 1 rings (SSSR count). The van der Waals surface area contributed by atoms with Crippen LogP contribution < -0.4 is 10.6 Å². The molecule has 92 valence electrons. The third-order valence-corrected chi connectivity index (χ3v) is 5.03. The average Bonchev–Trinajstić information content (AvgIpc) is 2.49. The largest absolute Gasteiger partial charge is 0.303 e. The van der Waals surface area contributed by atoms with Crippen LogP contribution >= 0.6 is 11.3 Å². The molecule has 0 bridgehead atoms. The predicted octanol–water partition coefficient (Wildman–Crippen LogP) is 1.00. The van der Waals surface area contributed by atoms with E-state index in [0.29, 0.717) is 4.21 Å². The maximum absolute atomic E-state index is 11.9. The third-order valence-electron chi connectivity index (χ3n) is 1.84. The lowest BCUT2D eigenvalue weighted by Gasteiger charge is -2.23. The SMILES string of the molecule is Cc1ccc(S(=O)(=O)NC(C)(C)CON)s1. The summed E-state index contributed by atoms with van der Waals surface area (Å²) in [6.07, 6.45) is 0. The molecule has 0 aliphatic heterocycles. The van der Waals surface area contributed by atoms with Gasteiger partial charge in [0.25, 0.3) is 10.0 Å². The summed E-state index contributed by atoms with van der Waals surface area (Å²) in [5, 5.41) is 0. The molecule has 1 heterocycles. The second kappa shape index (κ2) is 4.80. The predicted molar refractivity (Wildman–Crippen MR) is 63.6 cm³/mol. The number of rotatable bonds is 5. The van der Waals surface area contributed by atoms with E-state index < -0.39 is 15.6 Å². The molecular weight excluding hydrogens is 248 g/mol. The second-order valence-corrected chi connectivity index (χ2v) is 7.36. The molecule has 0 unspecified atom stereocenters. The number of sulfonamides is 1. The first-order valence-corrected chi connectivity index (χ1v) is 6.99. The Morgan fingerprint density at radius 3 is 2.56 bits per heavy atom. The van der Waals surface area contributed by atoms with Gasteiger partial charge in [-0.05, 0) is 32.9 Å². The van der Waals surface area contributed by atoms with E-state index in [9.17, 15) is 8.42 Å². The number of aryl methyl sites for hydroxylation is 1. The van der Waals surface area contributed by atoms with Crippen molar-refractivity contribution in [2.45, 2.75) is 30.5 Å². The molecule has 7 heteroatoms. The minimum absolute atomic E-state index is 0.108. The van der Waals surface area contributed by atoms with Gasteiger partial charge in [-0.2, -0.15) is 0 Å². The van der Waals surface area contributed by atoms with Gasteiger partial charge in [0.05, 0.1) is 12.1 Å². The summed E-state index contributed by atoms with van der Waals surface area (Å²) < 4.78 is 26.7. The Morgan fingerprint density at radius 1 is 1.50 bits per heavy atom. The van der Waals surface area contributed by atoms with E-state index in [1.165, 1.54) is 11.3 Å². The standard InChI is InChI=1S/C9H16N2O3S2/c1-7-4-5-8(15-7)16(12,13)11-9(2,3)6-14-10/h4-5,11H,6,10H2,1-3H3. The summed E-state index contributed by atoms with van der Waals surface area (Å²) in [6, 6.07) is 3.35. The van der Waals surface area contributed by atoms with Crippen molar-refractivity contribution in [3.8, 4) is 0 Å². The Kier molecular flexibility index (Phi) is 4.08. The van der Waals surface area contributed by atoms with Crippen LogP contribution in [0.25, 0.3) is 0 Å². The molecule has 0 spiro atoms. The monoisotopic (exact) mass is 264 g/mol. The minimum atomic E-state index is -3.49. The summed E-state index contributed by atoms with van der Waals surface area (Å²) in [5.74, 6) is 4.94. The van der Waals surface area contributed by atoms with Crippen molar-refractivity contribution in [2.75, 3.05) is 6.61 Å². The molecule has 5 nitrogen and oxygen atoms in total. The first-order chi connectivity index (χ1) is 7.27. The number of hydrogen-bond donors (Lipinski definition) is 2. The molecule has 16 heavy (non-hydrogen) atoms. The van der Waals surface area contributed by atoms with Crippen molar-refractivity contribution >= 4 is 21.4 Å². The van der Waals surface area contributed by atoms with E-state index in [0.717, 1.165) is 4.88 Å². The van der Waals surface area contributed by atoms with Crippen molar-refractivity contribution in [1.82, 2.24) is 4.72 Å². The van der Waals surface area contributed by atoms with E-state index in [4.69, 9.17) is 5.90 Å². The minimum Gasteiger partial charge on any atom is -0.303 e. The van der Waals surface area contributed by atoms with Crippen LogP contribution in [0.3, 0.4) is 0 Å². The highest BCUT2D eigenvalue weighted by atomic mass is 32.2. The van der Waals surface area contributed by atoms with Crippen molar-refractivity contribution < 1.29 is 13.3 Å².